The number of hydrogen-bond donors (Lipinski definition) is 0. The molecule has 3 amide bonds. The van der Waals surface area contributed by atoms with Gasteiger partial charge in [-0.25, -0.2) is 4.90 Å². The van der Waals surface area contributed by atoms with Crippen molar-refractivity contribution in [3.05, 3.63) is 94.5 Å². The van der Waals surface area contributed by atoms with Gasteiger partial charge < -0.3 is 9.64 Å². The van der Waals surface area contributed by atoms with Gasteiger partial charge in [0, 0.05) is 17.1 Å². The van der Waals surface area contributed by atoms with Crippen LogP contribution in [0.4, 0.5) is 5.69 Å². The SMILES string of the molecule is COc1ccc(N2C(=O)CC(N(Cc3ccccc3Cl)C(=O)c3ccc(C)cc3)C2=O)cc1. The van der Waals surface area contributed by atoms with Gasteiger partial charge in [0.05, 0.1) is 19.2 Å². The molecule has 0 bridgehead atoms. The van der Waals surface area contributed by atoms with Crippen LogP contribution in [0.3, 0.4) is 0 Å². The number of carbonyl (C=O) groups is 3. The Morgan fingerprint density at radius 3 is 2.33 bits per heavy atom. The second-order valence-electron chi connectivity index (χ2n) is 7.88. The van der Waals surface area contributed by atoms with Crippen LogP contribution in [-0.2, 0) is 16.1 Å². The lowest BCUT2D eigenvalue weighted by molar-refractivity contribution is -0.122. The van der Waals surface area contributed by atoms with E-state index in [0.29, 0.717) is 27.6 Å². The molecular formula is C26H23ClN2O4. The Kier molecular flexibility index (Phi) is 6.47. The fourth-order valence-corrected chi connectivity index (χ4v) is 4.05. The highest BCUT2D eigenvalue weighted by atomic mass is 35.5. The van der Waals surface area contributed by atoms with Crippen molar-refractivity contribution in [1.29, 1.82) is 0 Å². The number of carbonyl (C=O) groups excluding carboxylic acids is 3. The Balaban J connectivity index is 1.69. The summed E-state index contributed by atoms with van der Waals surface area (Å²) >= 11 is 6.35. The molecule has 3 aromatic carbocycles. The zero-order valence-electron chi connectivity index (χ0n) is 18.3. The topological polar surface area (TPSA) is 66.9 Å². The van der Waals surface area contributed by atoms with Crippen LogP contribution in [0.1, 0.15) is 27.9 Å². The van der Waals surface area contributed by atoms with E-state index in [0.717, 1.165) is 10.5 Å². The quantitative estimate of drug-likeness (QED) is 0.501. The van der Waals surface area contributed by atoms with Crippen molar-refractivity contribution in [3.8, 4) is 5.75 Å². The molecule has 1 aliphatic heterocycles. The Morgan fingerprint density at radius 2 is 1.70 bits per heavy atom. The predicted molar refractivity (Wildman–Crippen MR) is 126 cm³/mol. The largest absolute Gasteiger partial charge is 0.497 e. The molecule has 1 heterocycles. The highest BCUT2D eigenvalue weighted by Crippen LogP contribution is 2.30. The molecule has 0 spiro atoms. The second kappa shape index (κ2) is 9.46. The predicted octanol–water partition coefficient (Wildman–Crippen LogP) is 4.63. The molecule has 33 heavy (non-hydrogen) atoms. The third kappa shape index (κ3) is 4.61. The normalized spacial score (nSPS) is 15.6. The number of methoxy groups -OCH3 is 1. The maximum absolute atomic E-state index is 13.5. The third-order valence-corrected chi connectivity index (χ3v) is 6.06. The summed E-state index contributed by atoms with van der Waals surface area (Å²) in [7, 11) is 1.54. The molecule has 1 saturated heterocycles. The van der Waals surface area contributed by atoms with Crippen molar-refractivity contribution < 1.29 is 19.1 Å². The van der Waals surface area contributed by atoms with Crippen molar-refractivity contribution in [2.75, 3.05) is 12.0 Å². The van der Waals surface area contributed by atoms with Crippen molar-refractivity contribution in [2.45, 2.75) is 25.9 Å². The van der Waals surface area contributed by atoms with Crippen LogP contribution in [0.25, 0.3) is 0 Å². The number of aryl methyl sites for hydroxylation is 1. The molecule has 0 saturated carbocycles. The van der Waals surface area contributed by atoms with E-state index in [9.17, 15) is 14.4 Å². The number of halogens is 1. The van der Waals surface area contributed by atoms with Gasteiger partial charge in [0.2, 0.25) is 5.91 Å². The summed E-state index contributed by atoms with van der Waals surface area (Å²) in [6, 6.07) is 20.0. The summed E-state index contributed by atoms with van der Waals surface area (Å²) in [5, 5.41) is 0.489. The summed E-state index contributed by atoms with van der Waals surface area (Å²) in [6.45, 7) is 2.04. The first-order chi connectivity index (χ1) is 15.9. The summed E-state index contributed by atoms with van der Waals surface area (Å²) in [5.74, 6) is -0.532. The summed E-state index contributed by atoms with van der Waals surface area (Å²) in [5.41, 5.74) is 2.59. The number of anilines is 1. The van der Waals surface area contributed by atoms with E-state index in [-0.39, 0.29) is 24.8 Å². The zero-order chi connectivity index (χ0) is 23.5. The summed E-state index contributed by atoms with van der Waals surface area (Å²) in [6.07, 6.45) is -0.104. The molecule has 0 aromatic heterocycles. The minimum Gasteiger partial charge on any atom is -0.497 e. The maximum atomic E-state index is 13.5. The van der Waals surface area contributed by atoms with E-state index in [2.05, 4.69) is 0 Å². The Labute approximate surface area is 197 Å². The van der Waals surface area contributed by atoms with Crippen LogP contribution in [0, 0.1) is 6.92 Å². The Hall–Kier alpha value is -3.64. The molecule has 1 atom stereocenters. The van der Waals surface area contributed by atoms with Gasteiger partial charge in [0.1, 0.15) is 11.8 Å². The van der Waals surface area contributed by atoms with Gasteiger partial charge in [-0.15, -0.1) is 0 Å². The van der Waals surface area contributed by atoms with Crippen LogP contribution >= 0.6 is 11.6 Å². The van der Waals surface area contributed by atoms with Crippen LogP contribution in [-0.4, -0.2) is 35.8 Å². The van der Waals surface area contributed by atoms with Gasteiger partial charge >= 0.3 is 0 Å². The number of benzene rings is 3. The lowest BCUT2D eigenvalue weighted by Gasteiger charge is -2.28. The second-order valence-corrected chi connectivity index (χ2v) is 8.28. The minimum absolute atomic E-state index is 0.104. The first-order valence-electron chi connectivity index (χ1n) is 10.5. The molecule has 1 unspecified atom stereocenters. The van der Waals surface area contributed by atoms with Crippen molar-refractivity contribution in [2.24, 2.45) is 0 Å². The van der Waals surface area contributed by atoms with Gasteiger partial charge in [-0.1, -0.05) is 47.5 Å². The highest BCUT2D eigenvalue weighted by molar-refractivity contribution is 6.31. The summed E-state index contributed by atoms with van der Waals surface area (Å²) in [4.78, 5) is 42.4. The van der Waals surface area contributed by atoms with E-state index in [1.807, 2.05) is 25.1 Å². The van der Waals surface area contributed by atoms with E-state index in [1.54, 1.807) is 61.7 Å². The maximum Gasteiger partial charge on any atom is 0.257 e. The van der Waals surface area contributed by atoms with E-state index < -0.39 is 11.9 Å². The van der Waals surface area contributed by atoms with Crippen LogP contribution in [0.5, 0.6) is 5.75 Å². The van der Waals surface area contributed by atoms with Crippen LogP contribution in [0.15, 0.2) is 72.8 Å². The molecule has 4 rings (SSSR count). The molecule has 1 aliphatic rings. The Bertz CT molecular complexity index is 1190. The van der Waals surface area contributed by atoms with E-state index in [1.165, 1.54) is 4.90 Å². The standard InChI is InChI=1S/C26H23ClN2O4/c1-17-7-9-18(10-8-17)25(31)28(16-19-5-3-4-6-22(19)27)23-15-24(30)29(26(23)32)20-11-13-21(33-2)14-12-20/h3-14,23H,15-16H2,1-2H3. The number of ether oxygens (including phenoxy) is 1. The summed E-state index contributed by atoms with van der Waals surface area (Å²) < 4.78 is 5.16. The first kappa shape index (κ1) is 22.6. The highest BCUT2D eigenvalue weighted by Gasteiger charge is 2.44. The smallest absolute Gasteiger partial charge is 0.257 e. The van der Waals surface area contributed by atoms with Crippen molar-refractivity contribution >= 4 is 35.0 Å². The van der Waals surface area contributed by atoms with E-state index >= 15 is 0 Å². The zero-order valence-corrected chi connectivity index (χ0v) is 19.1. The van der Waals surface area contributed by atoms with Crippen LogP contribution in [0.2, 0.25) is 5.02 Å². The monoisotopic (exact) mass is 462 g/mol. The van der Waals surface area contributed by atoms with Gasteiger partial charge in [-0.05, 0) is 55.0 Å². The van der Waals surface area contributed by atoms with Gasteiger partial charge in [-0.3, -0.25) is 14.4 Å². The number of hydrogen-bond acceptors (Lipinski definition) is 4. The van der Waals surface area contributed by atoms with Gasteiger partial charge in [-0.2, -0.15) is 0 Å². The molecular weight excluding hydrogens is 440 g/mol. The fraction of sp³-hybridized carbons (Fsp3) is 0.192. The molecule has 0 radical (unpaired) electrons. The lowest BCUT2D eigenvalue weighted by Crippen LogP contribution is -2.45. The number of rotatable bonds is 6. The third-order valence-electron chi connectivity index (χ3n) is 5.69. The molecule has 3 aromatic rings. The van der Waals surface area contributed by atoms with Gasteiger partial charge in [0.25, 0.3) is 11.8 Å². The van der Waals surface area contributed by atoms with Crippen molar-refractivity contribution in [1.82, 2.24) is 4.90 Å². The first-order valence-corrected chi connectivity index (χ1v) is 10.9. The average Bonchev–Trinajstić information content (AvgIpc) is 3.12. The molecule has 0 aliphatic carbocycles. The Morgan fingerprint density at radius 1 is 1.03 bits per heavy atom. The average molecular weight is 463 g/mol. The van der Waals surface area contributed by atoms with Gasteiger partial charge in [0.15, 0.2) is 0 Å². The molecule has 6 nitrogen and oxygen atoms in total. The number of imide groups is 1. The number of amides is 3. The van der Waals surface area contributed by atoms with Crippen LogP contribution < -0.4 is 9.64 Å². The fourth-order valence-electron chi connectivity index (χ4n) is 3.86. The number of nitrogens with zero attached hydrogens (tertiary/aromatic N) is 2. The molecule has 168 valence electrons. The lowest BCUT2D eigenvalue weighted by atomic mass is 10.1. The van der Waals surface area contributed by atoms with Crippen molar-refractivity contribution in [3.63, 3.8) is 0 Å². The molecule has 0 N–H and O–H groups in total. The van der Waals surface area contributed by atoms with E-state index in [4.69, 9.17) is 16.3 Å². The molecule has 7 heteroatoms. The minimum atomic E-state index is -0.940. The molecule has 1 fully saturated rings.